The lowest BCUT2D eigenvalue weighted by Gasteiger charge is -2.27. The molecule has 1 aliphatic rings. The van der Waals surface area contributed by atoms with Gasteiger partial charge in [-0.05, 0) is 49.9 Å². The molecule has 1 aliphatic heterocycles. The number of anilines is 1. The maximum Gasteiger partial charge on any atom is 0.453 e. The van der Waals surface area contributed by atoms with E-state index in [2.05, 4.69) is 31.3 Å². The van der Waals surface area contributed by atoms with Crippen LogP contribution in [0.3, 0.4) is 0 Å². The van der Waals surface area contributed by atoms with Crippen LogP contribution < -0.4 is 5.32 Å². The number of hydrogen-bond donors (Lipinski definition) is 1. The van der Waals surface area contributed by atoms with Crippen LogP contribution in [0.2, 0.25) is 0 Å². The van der Waals surface area contributed by atoms with Crippen LogP contribution in [0.15, 0.2) is 18.2 Å². The number of halogens is 3. The Bertz CT molecular complexity index is 1200. The van der Waals surface area contributed by atoms with Gasteiger partial charge in [0.05, 0.1) is 0 Å². The molecule has 11 heteroatoms. The van der Waals surface area contributed by atoms with Gasteiger partial charge in [0.15, 0.2) is 0 Å². The summed E-state index contributed by atoms with van der Waals surface area (Å²) < 4.78 is 40.1. The van der Waals surface area contributed by atoms with Crippen LogP contribution in [0.1, 0.15) is 40.3 Å². The Balaban J connectivity index is 1.44. The molecule has 0 spiro atoms. The minimum Gasteiger partial charge on any atom is -0.326 e. The number of amides is 1. The number of carbonyl (C=O) groups is 1. The van der Waals surface area contributed by atoms with E-state index in [1.807, 2.05) is 30.8 Å². The van der Waals surface area contributed by atoms with Gasteiger partial charge in [-0.2, -0.15) is 29.9 Å². The number of carbonyl (C=O) groups excluding carboxylic acids is 1. The molecule has 7 nitrogen and oxygen atoms in total. The number of nitrogens with zero attached hydrogens (tertiary/aromatic N) is 5. The Labute approximate surface area is 200 Å². The quantitative estimate of drug-likeness (QED) is 0.556. The first-order valence-corrected chi connectivity index (χ1v) is 12.3. The molecule has 1 saturated heterocycles. The molecule has 1 amide bonds. The highest BCUT2D eigenvalue weighted by molar-refractivity contribution is 7.99. The summed E-state index contributed by atoms with van der Waals surface area (Å²) in [6.45, 7) is 8.37. The molecule has 0 bridgehead atoms. The smallest absolute Gasteiger partial charge is 0.326 e. The second kappa shape index (κ2) is 9.91. The zero-order valence-corrected chi connectivity index (χ0v) is 20.2. The Hall–Kier alpha value is -2.66. The van der Waals surface area contributed by atoms with E-state index < -0.39 is 12.0 Å². The van der Waals surface area contributed by atoms with Crippen molar-refractivity contribution in [1.82, 2.24) is 24.5 Å². The average molecular weight is 493 g/mol. The summed E-state index contributed by atoms with van der Waals surface area (Å²) in [4.78, 5) is 22.8. The van der Waals surface area contributed by atoms with Crippen molar-refractivity contribution >= 4 is 29.1 Å². The number of aryl methyl sites for hydroxylation is 2. The number of benzene rings is 1. The van der Waals surface area contributed by atoms with E-state index in [0.717, 1.165) is 46.9 Å². The van der Waals surface area contributed by atoms with E-state index in [1.165, 1.54) is 5.56 Å². The molecule has 1 N–H and O–H groups in total. The molecular weight excluding hydrogens is 465 g/mol. The van der Waals surface area contributed by atoms with Crippen LogP contribution in [0.4, 0.5) is 18.9 Å². The van der Waals surface area contributed by atoms with Crippen molar-refractivity contribution in [2.75, 3.05) is 29.9 Å². The molecule has 0 unspecified atom stereocenters. The highest BCUT2D eigenvalue weighted by Crippen LogP contribution is 2.27. The highest BCUT2D eigenvalue weighted by atomic mass is 32.2. The Morgan fingerprint density at radius 1 is 1.15 bits per heavy atom. The van der Waals surface area contributed by atoms with Crippen LogP contribution in [0.25, 0.3) is 5.78 Å². The fourth-order valence-corrected chi connectivity index (χ4v) is 5.11. The number of alkyl halides is 3. The Kier molecular flexibility index (Phi) is 7.13. The fraction of sp³-hybridized carbons (Fsp3) is 0.478. The number of aromatic nitrogens is 4. The first kappa shape index (κ1) is 24.5. The summed E-state index contributed by atoms with van der Waals surface area (Å²) >= 11 is 1.97. The minimum absolute atomic E-state index is 0.102. The Morgan fingerprint density at radius 2 is 1.88 bits per heavy atom. The summed E-state index contributed by atoms with van der Waals surface area (Å²) in [5, 5.41) is 6.55. The van der Waals surface area contributed by atoms with Gasteiger partial charge in [-0.15, -0.1) is 5.10 Å². The zero-order valence-electron chi connectivity index (χ0n) is 19.4. The lowest BCUT2D eigenvalue weighted by Crippen LogP contribution is -2.32. The summed E-state index contributed by atoms with van der Waals surface area (Å²) in [6, 6.07) is 5.93. The van der Waals surface area contributed by atoms with Crippen molar-refractivity contribution in [3.8, 4) is 0 Å². The highest BCUT2D eigenvalue weighted by Gasteiger charge is 2.37. The van der Waals surface area contributed by atoms with Gasteiger partial charge in [0.25, 0.3) is 11.6 Å². The van der Waals surface area contributed by atoms with Crippen molar-refractivity contribution < 1.29 is 18.0 Å². The number of fused-ring (bicyclic) bond motifs is 1. The number of rotatable bonds is 6. The van der Waals surface area contributed by atoms with Crippen LogP contribution in [-0.2, 0) is 23.9 Å². The van der Waals surface area contributed by atoms with Gasteiger partial charge in [-0.25, -0.2) is 9.50 Å². The van der Waals surface area contributed by atoms with E-state index in [9.17, 15) is 18.0 Å². The van der Waals surface area contributed by atoms with Crippen LogP contribution in [0.5, 0.6) is 0 Å². The molecule has 0 aliphatic carbocycles. The normalized spacial score (nSPS) is 15.1. The van der Waals surface area contributed by atoms with Gasteiger partial charge < -0.3 is 5.32 Å². The molecule has 4 rings (SSSR count). The summed E-state index contributed by atoms with van der Waals surface area (Å²) in [5.74, 6) is 0.789. The molecule has 3 heterocycles. The zero-order chi connectivity index (χ0) is 24.5. The third kappa shape index (κ3) is 5.35. The van der Waals surface area contributed by atoms with Crippen LogP contribution >= 0.6 is 11.8 Å². The molecule has 34 heavy (non-hydrogen) atoms. The molecule has 182 valence electrons. The Morgan fingerprint density at radius 3 is 2.59 bits per heavy atom. The number of nitrogens with one attached hydrogen (secondary N) is 1. The number of thioether (sulfide) groups is 1. The number of hydrogen-bond acceptors (Lipinski definition) is 6. The minimum atomic E-state index is -4.65. The first-order valence-electron chi connectivity index (χ1n) is 11.1. The van der Waals surface area contributed by atoms with Gasteiger partial charge in [-0.1, -0.05) is 12.1 Å². The van der Waals surface area contributed by atoms with E-state index in [-0.39, 0.29) is 18.1 Å². The maximum atomic E-state index is 13.0. The largest absolute Gasteiger partial charge is 0.453 e. The van der Waals surface area contributed by atoms with E-state index in [4.69, 9.17) is 0 Å². The lowest BCUT2D eigenvalue weighted by atomic mass is 10.0. The average Bonchev–Trinajstić information content (AvgIpc) is 3.22. The standard InChI is InChI=1S/C23H27F3N6OS/c1-14-17(13-31-9-11-34-12-10-31)5-4-6-19(14)28-20(33)8-7-18-15(2)27-22-29-21(23(24,25)26)30-32(22)16(18)3/h4-6H,7-13H2,1-3H3,(H,28,33). The molecule has 1 fully saturated rings. The predicted octanol–water partition coefficient (Wildman–Crippen LogP) is 4.19. The SMILES string of the molecule is Cc1nc2nc(C(F)(F)F)nn2c(C)c1CCC(=O)Nc1cccc(CN2CCSCC2)c1C. The van der Waals surface area contributed by atoms with Crippen molar-refractivity contribution in [2.24, 2.45) is 0 Å². The molecule has 0 atom stereocenters. The van der Waals surface area contributed by atoms with Gasteiger partial charge in [-0.3, -0.25) is 9.69 Å². The fourth-order valence-electron chi connectivity index (χ4n) is 4.13. The predicted molar refractivity (Wildman–Crippen MR) is 126 cm³/mol. The molecule has 1 aromatic carbocycles. The molecule has 0 radical (unpaired) electrons. The summed E-state index contributed by atoms with van der Waals surface area (Å²) in [6.07, 6.45) is -4.14. The summed E-state index contributed by atoms with van der Waals surface area (Å²) in [5.41, 5.74) is 4.74. The van der Waals surface area contributed by atoms with Crippen molar-refractivity contribution in [2.45, 2.75) is 46.3 Å². The molecular formula is C23H27F3N6OS. The third-order valence-electron chi connectivity index (χ3n) is 6.12. The van der Waals surface area contributed by atoms with Gasteiger partial charge in [0.2, 0.25) is 5.91 Å². The van der Waals surface area contributed by atoms with Crippen LogP contribution in [0, 0.1) is 20.8 Å². The van der Waals surface area contributed by atoms with Gasteiger partial charge in [0.1, 0.15) is 0 Å². The molecule has 2 aromatic heterocycles. The van der Waals surface area contributed by atoms with Gasteiger partial charge in [0, 0.05) is 54.6 Å². The third-order valence-corrected chi connectivity index (χ3v) is 7.06. The molecule has 3 aromatic rings. The maximum absolute atomic E-state index is 13.0. The first-order chi connectivity index (χ1) is 16.1. The lowest BCUT2D eigenvalue weighted by molar-refractivity contribution is -0.144. The second-order valence-corrected chi connectivity index (χ2v) is 9.66. The van der Waals surface area contributed by atoms with E-state index in [0.29, 0.717) is 23.4 Å². The van der Waals surface area contributed by atoms with Crippen molar-refractivity contribution in [1.29, 1.82) is 0 Å². The van der Waals surface area contributed by atoms with Crippen molar-refractivity contribution in [3.63, 3.8) is 0 Å². The molecule has 0 saturated carbocycles. The monoisotopic (exact) mass is 492 g/mol. The summed E-state index contributed by atoms with van der Waals surface area (Å²) in [7, 11) is 0. The second-order valence-electron chi connectivity index (χ2n) is 8.43. The van der Waals surface area contributed by atoms with Crippen molar-refractivity contribution in [3.05, 3.63) is 52.1 Å². The van der Waals surface area contributed by atoms with E-state index >= 15 is 0 Å². The topological polar surface area (TPSA) is 75.4 Å². The van der Waals surface area contributed by atoms with Crippen LogP contribution in [-0.4, -0.2) is 55.0 Å². The van der Waals surface area contributed by atoms with Gasteiger partial charge >= 0.3 is 6.18 Å². The van der Waals surface area contributed by atoms with E-state index in [1.54, 1.807) is 13.8 Å².